The van der Waals surface area contributed by atoms with Crippen LogP contribution < -0.4 is 10.6 Å². The molecule has 2 amide bonds. The van der Waals surface area contributed by atoms with E-state index in [0.717, 1.165) is 12.0 Å². The third-order valence-corrected chi connectivity index (χ3v) is 2.23. The first kappa shape index (κ1) is 12.2. The van der Waals surface area contributed by atoms with Crippen molar-refractivity contribution < 1.29 is 9.59 Å². The van der Waals surface area contributed by atoms with Gasteiger partial charge in [-0.1, -0.05) is 12.1 Å². The molecule has 86 valence electrons. The Balaban J connectivity index is 2.51. The summed E-state index contributed by atoms with van der Waals surface area (Å²) in [6, 6.07) is 7.35. The molecule has 0 radical (unpaired) electrons. The SMILES string of the molecule is CNC(=O)c1ccc(CCNC(C)=O)cc1. The zero-order chi connectivity index (χ0) is 12.0. The Kier molecular flexibility index (Phi) is 4.51. The topological polar surface area (TPSA) is 58.2 Å². The van der Waals surface area contributed by atoms with Gasteiger partial charge >= 0.3 is 0 Å². The molecule has 1 rings (SSSR count). The predicted molar refractivity (Wildman–Crippen MR) is 62.2 cm³/mol. The first-order valence-electron chi connectivity index (χ1n) is 5.19. The number of nitrogens with one attached hydrogen (secondary N) is 2. The number of hydrogen-bond acceptors (Lipinski definition) is 2. The lowest BCUT2D eigenvalue weighted by Gasteiger charge is -2.04. The van der Waals surface area contributed by atoms with E-state index in [0.29, 0.717) is 12.1 Å². The highest BCUT2D eigenvalue weighted by atomic mass is 16.2. The Bertz CT molecular complexity index is 371. The van der Waals surface area contributed by atoms with E-state index in [9.17, 15) is 9.59 Å². The van der Waals surface area contributed by atoms with E-state index in [1.807, 2.05) is 12.1 Å². The van der Waals surface area contributed by atoms with Crippen molar-refractivity contribution in [3.05, 3.63) is 35.4 Å². The van der Waals surface area contributed by atoms with Crippen LogP contribution >= 0.6 is 0 Å². The molecule has 0 unspecified atom stereocenters. The molecule has 0 aliphatic carbocycles. The van der Waals surface area contributed by atoms with Crippen LogP contribution in [0.1, 0.15) is 22.8 Å². The van der Waals surface area contributed by atoms with E-state index < -0.39 is 0 Å². The lowest BCUT2D eigenvalue weighted by atomic mass is 10.1. The second-order valence-electron chi connectivity index (χ2n) is 3.51. The summed E-state index contributed by atoms with van der Waals surface area (Å²) in [4.78, 5) is 21.9. The normalized spacial score (nSPS) is 9.62. The van der Waals surface area contributed by atoms with Gasteiger partial charge in [-0.15, -0.1) is 0 Å². The standard InChI is InChI=1S/C12H16N2O2/c1-9(15)14-8-7-10-3-5-11(6-4-10)12(16)13-2/h3-6H,7-8H2,1-2H3,(H,13,16)(H,14,15). The summed E-state index contributed by atoms with van der Waals surface area (Å²) in [6.07, 6.45) is 0.771. The highest BCUT2D eigenvalue weighted by Gasteiger charge is 2.02. The Morgan fingerprint density at radius 3 is 2.31 bits per heavy atom. The molecule has 0 atom stereocenters. The van der Waals surface area contributed by atoms with Crippen molar-refractivity contribution in [1.29, 1.82) is 0 Å². The Hall–Kier alpha value is -1.84. The van der Waals surface area contributed by atoms with Crippen LogP contribution in [0.15, 0.2) is 24.3 Å². The molecule has 4 heteroatoms. The lowest BCUT2D eigenvalue weighted by Crippen LogP contribution is -2.22. The van der Waals surface area contributed by atoms with Crippen LogP contribution in [0.25, 0.3) is 0 Å². The molecular weight excluding hydrogens is 204 g/mol. The fraction of sp³-hybridized carbons (Fsp3) is 0.333. The first-order valence-corrected chi connectivity index (χ1v) is 5.19. The Morgan fingerprint density at radius 1 is 1.19 bits per heavy atom. The molecule has 1 aromatic carbocycles. The summed E-state index contributed by atoms with van der Waals surface area (Å²) in [5, 5.41) is 5.29. The molecule has 0 aromatic heterocycles. The van der Waals surface area contributed by atoms with E-state index in [-0.39, 0.29) is 11.8 Å². The first-order chi connectivity index (χ1) is 7.63. The van der Waals surface area contributed by atoms with Crippen molar-refractivity contribution >= 4 is 11.8 Å². The highest BCUT2D eigenvalue weighted by Crippen LogP contribution is 2.04. The molecular formula is C12H16N2O2. The van der Waals surface area contributed by atoms with Gasteiger partial charge in [-0.05, 0) is 24.1 Å². The monoisotopic (exact) mass is 220 g/mol. The van der Waals surface area contributed by atoms with Gasteiger partial charge in [0, 0.05) is 26.1 Å². The maximum Gasteiger partial charge on any atom is 0.251 e. The number of carbonyl (C=O) groups excluding carboxylic acids is 2. The maximum atomic E-state index is 11.3. The third kappa shape index (κ3) is 3.73. The summed E-state index contributed by atoms with van der Waals surface area (Å²) < 4.78 is 0. The number of hydrogen-bond donors (Lipinski definition) is 2. The maximum absolute atomic E-state index is 11.3. The van der Waals surface area contributed by atoms with Crippen LogP contribution in [-0.4, -0.2) is 25.4 Å². The van der Waals surface area contributed by atoms with E-state index >= 15 is 0 Å². The van der Waals surface area contributed by atoms with Crippen molar-refractivity contribution in [2.45, 2.75) is 13.3 Å². The molecule has 0 heterocycles. The van der Waals surface area contributed by atoms with Crippen LogP contribution in [0.4, 0.5) is 0 Å². The van der Waals surface area contributed by atoms with Crippen molar-refractivity contribution in [2.75, 3.05) is 13.6 Å². The molecule has 2 N–H and O–H groups in total. The smallest absolute Gasteiger partial charge is 0.251 e. The van der Waals surface area contributed by atoms with E-state index in [4.69, 9.17) is 0 Å². The van der Waals surface area contributed by atoms with Gasteiger partial charge in [-0.2, -0.15) is 0 Å². The number of carbonyl (C=O) groups is 2. The molecule has 4 nitrogen and oxygen atoms in total. The van der Waals surface area contributed by atoms with Gasteiger partial charge in [0.05, 0.1) is 0 Å². The zero-order valence-electron chi connectivity index (χ0n) is 9.54. The molecule has 0 aliphatic heterocycles. The van der Waals surface area contributed by atoms with Crippen molar-refractivity contribution in [1.82, 2.24) is 10.6 Å². The van der Waals surface area contributed by atoms with Crippen molar-refractivity contribution in [3.8, 4) is 0 Å². The van der Waals surface area contributed by atoms with Gasteiger partial charge in [-0.25, -0.2) is 0 Å². The number of rotatable bonds is 4. The molecule has 0 spiro atoms. The highest BCUT2D eigenvalue weighted by molar-refractivity contribution is 5.93. The van der Waals surface area contributed by atoms with Gasteiger partial charge in [0.25, 0.3) is 5.91 Å². The van der Waals surface area contributed by atoms with E-state index in [2.05, 4.69) is 10.6 Å². The van der Waals surface area contributed by atoms with Crippen LogP contribution in [0.5, 0.6) is 0 Å². The zero-order valence-corrected chi connectivity index (χ0v) is 9.54. The van der Waals surface area contributed by atoms with Gasteiger partial charge in [0.2, 0.25) is 5.91 Å². The van der Waals surface area contributed by atoms with E-state index in [1.165, 1.54) is 6.92 Å². The minimum Gasteiger partial charge on any atom is -0.356 e. The Labute approximate surface area is 95.0 Å². The molecule has 16 heavy (non-hydrogen) atoms. The average Bonchev–Trinajstić information content (AvgIpc) is 2.28. The van der Waals surface area contributed by atoms with Crippen LogP contribution in [0.3, 0.4) is 0 Å². The summed E-state index contributed by atoms with van der Waals surface area (Å²) in [5.74, 6) is -0.115. The molecule has 0 aliphatic rings. The Morgan fingerprint density at radius 2 is 1.81 bits per heavy atom. The summed E-state index contributed by atoms with van der Waals surface area (Å²) >= 11 is 0. The quantitative estimate of drug-likeness (QED) is 0.785. The number of benzene rings is 1. The third-order valence-electron chi connectivity index (χ3n) is 2.23. The predicted octanol–water partition coefficient (Wildman–Crippen LogP) is 0.725. The summed E-state index contributed by atoms with van der Waals surface area (Å²) in [6.45, 7) is 2.11. The largest absolute Gasteiger partial charge is 0.356 e. The summed E-state index contributed by atoms with van der Waals surface area (Å²) in [5.41, 5.74) is 1.74. The van der Waals surface area contributed by atoms with Crippen LogP contribution in [-0.2, 0) is 11.2 Å². The molecule has 0 saturated heterocycles. The van der Waals surface area contributed by atoms with Gasteiger partial charge in [-0.3, -0.25) is 9.59 Å². The lowest BCUT2D eigenvalue weighted by molar-refractivity contribution is -0.118. The summed E-state index contributed by atoms with van der Waals surface area (Å²) in [7, 11) is 1.60. The average molecular weight is 220 g/mol. The van der Waals surface area contributed by atoms with Gasteiger partial charge < -0.3 is 10.6 Å². The van der Waals surface area contributed by atoms with Crippen LogP contribution in [0.2, 0.25) is 0 Å². The fourth-order valence-electron chi connectivity index (χ4n) is 1.35. The minimum absolute atomic E-state index is 0.0259. The molecule has 0 saturated carbocycles. The molecule has 1 aromatic rings. The number of amides is 2. The molecule has 0 fully saturated rings. The van der Waals surface area contributed by atoms with Crippen molar-refractivity contribution in [3.63, 3.8) is 0 Å². The van der Waals surface area contributed by atoms with Gasteiger partial charge in [0.15, 0.2) is 0 Å². The minimum atomic E-state index is -0.0894. The second kappa shape index (κ2) is 5.90. The molecule has 0 bridgehead atoms. The van der Waals surface area contributed by atoms with Crippen molar-refractivity contribution in [2.24, 2.45) is 0 Å². The second-order valence-corrected chi connectivity index (χ2v) is 3.51. The fourth-order valence-corrected chi connectivity index (χ4v) is 1.35. The van der Waals surface area contributed by atoms with Crippen LogP contribution in [0, 0.1) is 0 Å². The van der Waals surface area contributed by atoms with E-state index in [1.54, 1.807) is 19.2 Å². The van der Waals surface area contributed by atoms with Gasteiger partial charge in [0.1, 0.15) is 0 Å².